The minimum absolute atomic E-state index is 0.128. The van der Waals surface area contributed by atoms with Crippen molar-refractivity contribution in [3.8, 4) is 6.07 Å². The first-order valence-electron chi connectivity index (χ1n) is 12.6. The van der Waals surface area contributed by atoms with Crippen LogP contribution in [-0.4, -0.2) is 25.0 Å². The smallest absolute Gasteiger partial charge is 0.263 e. The molecule has 1 amide bonds. The summed E-state index contributed by atoms with van der Waals surface area (Å²) in [7, 11) is 0. The first-order valence-corrected chi connectivity index (χ1v) is 12.6. The maximum atomic E-state index is 12.8. The molecule has 176 valence electrons. The highest BCUT2D eigenvalue weighted by Crippen LogP contribution is 2.23. The van der Waals surface area contributed by atoms with Crippen LogP contribution in [0, 0.1) is 18.3 Å². The van der Waals surface area contributed by atoms with E-state index in [9.17, 15) is 10.1 Å². The number of hydrogen-bond acceptors (Lipinski definition) is 4. The van der Waals surface area contributed by atoms with Crippen molar-refractivity contribution in [3.63, 3.8) is 0 Å². The molecule has 1 aromatic carbocycles. The standard InChI is InChI=1S/C27H42N4O/c1-4-31(5-2)25-17-18-26(22(3)19-25)29-21-23(20-28)27(32)30-24-15-13-11-9-7-6-8-10-12-14-16-24/h17-19,21,24,29H,4-16H2,1-3H3,(H,30,32)/b23-21-. The van der Waals surface area contributed by atoms with Gasteiger partial charge in [0.25, 0.3) is 5.91 Å². The molecule has 1 aromatic rings. The molecule has 0 unspecified atom stereocenters. The van der Waals surface area contributed by atoms with Gasteiger partial charge in [-0.3, -0.25) is 4.79 Å². The largest absolute Gasteiger partial charge is 0.372 e. The number of nitrogens with one attached hydrogen (secondary N) is 2. The van der Waals surface area contributed by atoms with Crippen molar-refractivity contribution in [2.45, 2.75) is 97.4 Å². The Bertz CT molecular complexity index is 764. The highest BCUT2D eigenvalue weighted by Gasteiger charge is 2.16. The van der Waals surface area contributed by atoms with Gasteiger partial charge in [-0.15, -0.1) is 0 Å². The second kappa shape index (κ2) is 14.6. The number of aryl methyl sites for hydroxylation is 1. The van der Waals surface area contributed by atoms with Crippen molar-refractivity contribution in [2.75, 3.05) is 23.3 Å². The molecular weight excluding hydrogens is 396 g/mol. The number of hydrogen-bond donors (Lipinski definition) is 2. The topological polar surface area (TPSA) is 68.2 Å². The van der Waals surface area contributed by atoms with Crippen molar-refractivity contribution in [2.24, 2.45) is 0 Å². The Morgan fingerprint density at radius 3 is 2.09 bits per heavy atom. The molecule has 0 spiro atoms. The summed E-state index contributed by atoms with van der Waals surface area (Å²) in [5.41, 5.74) is 3.31. The normalized spacial score (nSPS) is 16.9. The van der Waals surface area contributed by atoms with Gasteiger partial charge in [0.05, 0.1) is 0 Å². The van der Waals surface area contributed by atoms with Gasteiger partial charge in [0, 0.05) is 36.7 Å². The lowest BCUT2D eigenvalue weighted by Gasteiger charge is -2.22. The van der Waals surface area contributed by atoms with Gasteiger partial charge in [0.1, 0.15) is 11.6 Å². The number of amides is 1. The number of carbonyl (C=O) groups is 1. The number of benzene rings is 1. The first kappa shape index (κ1) is 25.8. The van der Waals surface area contributed by atoms with E-state index < -0.39 is 0 Å². The molecule has 0 saturated heterocycles. The lowest BCUT2D eigenvalue weighted by Crippen LogP contribution is -2.35. The van der Waals surface area contributed by atoms with Crippen LogP contribution >= 0.6 is 0 Å². The number of carbonyl (C=O) groups excluding carboxylic acids is 1. The second-order valence-electron chi connectivity index (χ2n) is 8.92. The van der Waals surface area contributed by atoms with E-state index in [4.69, 9.17) is 0 Å². The van der Waals surface area contributed by atoms with Gasteiger partial charge in [0.15, 0.2) is 0 Å². The summed E-state index contributed by atoms with van der Waals surface area (Å²) in [6.07, 6.45) is 14.9. The highest BCUT2D eigenvalue weighted by atomic mass is 16.1. The molecule has 2 N–H and O–H groups in total. The van der Waals surface area contributed by atoms with E-state index in [0.29, 0.717) is 0 Å². The zero-order chi connectivity index (χ0) is 23.2. The molecule has 32 heavy (non-hydrogen) atoms. The Kier molecular flexibility index (Phi) is 11.7. The number of nitriles is 1. The van der Waals surface area contributed by atoms with Gasteiger partial charge in [-0.25, -0.2) is 0 Å². The Morgan fingerprint density at radius 1 is 1.03 bits per heavy atom. The van der Waals surface area contributed by atoms with Gasteiger partial charge >= 0.3 is 0 Å². The average molecular weight is 439 g/mol. The maximum Gasteiger partial charge on any atom is 0.263 e. The van der Waals surface area contributed by atoms with Crippen molar-refractivity contribution >= 4 is 17.3 Å². The van der Waals surface area contributed by atoms with Crippen LogP contribution in [0.4, 0.5) is 11.4 Å². The van der Waals surface area contributed by atoms with Crippen molar-refractivity contribution in [1.29, 1.82) is 5.26 Å². The third-order valence-electron chi connectivity index (χ3n) is 6.52. The molecule has 1 saturated carbocycles. The van der Waals surface area contributed by atoms with E-state index in [1.165, 1.54) is 50.6 Å². The minimum Gasteiger partial charge on any atom is -0.372 e. The van der Waals surface area contributed by atoms with Gasteiger partial charge in [-0.2, -0.15) is 5.26 Å². The predicted octanol–water partition coefficient (Wildman–Crippen LogP) is 6.45. The maximum absolute atomic E-state index is 12.8. The van der Waals surface area contributed by atoms with E-state index in [2.05, 4.69) is 47.6 Å². The Morgan fingerprint density at radius 2 is 1.59 bits per heavy atom. The molecule has 1 aliphatic rings. The molecule has 2 rings (SSSR count). The molecule has 5 nitrogen and oxygen atoms in total. The summed E-state index contributed by atoms with van der Waals surface area (Å²) in [5, 5.41) is 15.9. The van der Waals surface area contributed by atoms with Gasteiger partial charge < -0.3 is 15.5 Å². The lowest BCUT2D eigenvalue weighted by atomic mass is 9.98. The molecule has 0 heterocycles. The predicted molar refractivity (Wildman–Crippen MR) is 135 cm³/mol. The monoisotopic (exact) mass is 438 g/mol. The molecule has 0 radical (unpaired) electrons. The summed E-state index contributed by atoms with van der Waals surface area (Å²) < 4.78 is 0. The third kappa shape index (κ3) is 8.57. The fourth-order valence-electron chi connectivity index (χ4n) is 4.46. The molecule has 0 atom stereocenters. The van der Waals surface area contributed by atoms with Crippen LogP contribution in [-0.2, 0) is 4.79 Å². The lowest BCUT2D eigenvalue weighted by molar-refractivity contribution is -0.117. The van der Waals surface area contributed by atoms with Crippen LogP contribution in [0.5, 0.6) is 0 Å². The molecule has 0 aromatic heterocycles. The van der Waals surface area contributed by atoms with Crippen molar-refractivity contribution in [1.82, 2.24) is 5.32 Å². The van der Waals surface area contributed by atoms with E-state index in [1.807, 2.05) is 13.0 Å². The van der Waals surface area contributed by atoms with Crippen LogP contribution in [0.2, 0.25) is 0 Å². The van der Waals surface area contributed by atoms with Crippen LogP contribution in [0.3, 0.4) is 0 Å². The molecular formula is C27H42N4O. The van der Waals surface area contributed by atoms with Crippen LogP contribution in [0.25, 0.3) is 0 Å². The van der Waals surface area contributed by atoms with Crippen LogP contribution in [0.15, 0.2) is 30.0 Å². The third-order valence-corrected chi connectivity index (χ3v) is 6.52. The number of anilines is 2. The van der Waals surface area contributed by atoms with E-state index in [0.717, 1.165) is 50.0 Å². The summed E-state index contributed by atoms with van der Waals surface area (Å²) in [6.45, 7) is 8.26. The fraction of sp³-hybridized carbons (Fsp3) is 0.630. The Hall–Kier alpha value is -2.48. The second-order valence-corrected chi connectivity index (χ2v) is 8.92. The molecule has 5 heteroatoms. The molecule has 0 aliphatic heterocycles. The Labute approximate surface area is 195 Å². The van der Waals surface area contributed by atoms with Crippen LogP contribution in [0.1, 0.15) is 90.0 Å². The molecule has 1 fully saturated rings. The summed E-state index contributed by atoms with van der Waals surface area (Å²) in [6, 6.07) is 8.47. The highest BCUT2D eigenvalue weighted by molar-refractivity contribution is 5.97. The van der Waals surface area contributed by atoms with Gasteiger partial charge in [0.2, 0.25) is 0 Å². The molecule has 0 bridgehead atoms. The fourth-order valence-corrected chi connectivity index (χ4v) is 4.46. The van der Waals surface area contributed by atoms with E-state index in [-0.39, 0.29) is 17.5 Å². The van der Waals surface area contributed by atoms with Gasteiger partial charge in [-0.05, 0) is 57.4 Å². The summed E-state index contributed by atoms with van der Waals surface area (Å²) in [4.78, 5) is 15.1. The summed E-state index contributed by atoms with van der Waals surface area (Å²) in [5.74, 6) is -0.269. The average Bonchev–Trinajstić information content (AvgIpc) is 2.78. The molecule has 1 aliphatic carbocycles. The first-order chi connectivity index (χ1) is 15.6. The van der Waals surface area contributed by atoms with Gasteiger partial charge in [-0.1, -0.05) is 57.8 Å². The zero-order valence-corrected chi connectivity index (χ0v) is 20.4. The van der Waals surface area contributed by atoms with Crippen molar-refractivity contribution < 1.29 is 4.79 Å². The van der Waals surface area contributed by atoms with E-state index in [1.54, 1.807) is 6.20 Å². The number of rotatable bonds is 7. The Balaban J connectivity index is 1.98. The summed E-state index contributed by atoms with van der Waals surface area (Å²) >= 11 is 0. The SMILES string of the molecule is CCN(CC)c1ccc(N/C=C(/C#N)C(=O)NC2CCCCCCCCCCC2)c(C)c1. The van der Waals surface area contributed by atoms with E-state index >= 15 is 0 Å². The number of nitrogens with zero attached hydrogens (tertiary/aromatic N) is 2. The van der Waals surface area contributed by atoms with Crippen molar-refractivity contribution in [3.05, 3.63) is 35.5 Å². The van der Waals surface area contributed by atoms with Crippen LogP contribution < -0.4 is 15.5 Å². The quantitative estimate of drug-likeness (QED) is 0.379. The zero-order valence-electron chi connectivity index (χ0n) is 20.4. The minimum atomic E-state index is -0.269.